The van der Waals surface area contributed by atoms with Crippen LogP contribution in [0.5, 0.6) is 11.5 Å². The molecule has 1 aliphatic heterocycles. The Morgan fingerprint density at radius 1 is 1.11 bits per heavy atom. The van der Waals surface area contributed by atoms with Gasteiger partial charge in [0.25, 0.3) is 0 Å². The van der Waals surface area contributed by atoms with Crippen LogP contribution in [-0.4, -0.2) is 25.9 Å². The standard InChI is InChI=1S/C22H29NO3.ClH/c1-3-24-21-8-4-6-19(14-23-15-20-7-5-13-25-20)22(21)26-16-18-11-9-17(2)10-12-18;/h4,6,8-12,20,23H,3,5,7,13-16H2,1-2H3;1H. The first-order chi connectivity index (χ1) is 12.8. The van der Waals surface area contributed by atoms with E-state index in [1.54, 1.807) is 0 Å². The van der Waals surface area contributed by atoms with Gasteiger partial charge in [-0.3, -0.25) is 0 Å². The van der Waals surface area contributed by atoms with E-state index >= 15 is 0 Å². The first-order valence-corrected chi connectivity index (χ1v) is 9.51. The molecule has 0 radical (unpaired) electrons. The summed E-state index contributed by atoms with van der Waals surface area (Å²) in [6.45, 7) is 7.73. The number of benzene rings is 2. The monoisotopic (exact) mass is 391 g/mol. The van der Waals surface area contributed by atoms with Gasteiger partial charge in [0, 0.05) is 25.3 Å². The summed E-state index contributed by atoms with van der Waals surface area (Å²) in [6.07, 6.45) is 2.64. The van der Waals surface area contributed by atoms with Crippen LogP contribution in [-0.2, 0) is 17.9 Å². The normalized spacial score (nSPS) is 16.0. The fourth-order valence-electron chi connectivity index (χ4n) is 3.15. The summed E-state index contributed by atoms with van der Waals surface area (Å²) in [5, 5.41) is 3.50. The van der Waals surface area contributed by atoms with Crippen molar-refractivity contribution in [1.82, 2.24) is 5.32 Å². The van der Waals surface area contributed by atoms with Gasteiger partial charge in [0.05, 0.1) is 12.7 Å². The summed E-state index contributed by atoms with van der Waals surface area (Å²) in [6, 6.07) is 14.5. The highest BCUT2D eigenvalue weighted by Gasteiger charge is 2.16. The van der Waals surface area contributed by atoms with Crippen molar-refractivity contribution in [2.24, 2.45) is 0 Å². The van der Waals surface area contributed by atoms with Crippen molar-refractivity contribution in [3.8, 4) is 11.5 Å². The molecule has 1 saturated heterocycles. The number of halogens is 1. The number of aryl methyl sites for hydroxylation is 1. The van der Waals surface area contributed by atoms with Gasteiger partial charge in [0.15, 0.2) is 11.5 Å². The van der Waals surface area contributed by atoms with Gasteiger partial charge in [-0.05, 0) is 38.3 Å². The average Bonchev–Trinajstić information content (AvgIpc) is 3.16. The van der Waals surface area contributed by atoms with Gasteiger partial charge < -0.3 is 19.5 Å². The number of ether oxygens (including phenoxy) is 3. The predicted molar refractivity (Wildman–Crippen MR) is 111 cm³/mol. The molecule has 4 nitrogen and oxygen atoms in total. The Bertz CT molecular complexity index is 684. The first-order valence-electron chi connectivity index (χ1n) is 9.51. The van der Waals surface area contributed by atoms with Crippen molar-refractivity contribution in [3.05, 3.63) is 59.2 Å². The molecule has 27 heavy (non-hydrogen) atoms. The number of hydrogen-bond acceptors (Lipinski definition) is 4. The molecule has 2 aromatic rings. The van der Waals surface area contributed by atoms with Crippen LogP contribution >= 0.6 is 12.4 Å². The van der Waals surface area contributed by atoms with Crippen molar-refractivity contribution in [2.75, 3.05) is 19.8 Å². The Balaban J connectivity index is 0.00000261. The minimum absolute atomic E-state index is 0. The number of hydrogen-bond donors (Lipinski definition) is 1. The zero-order chi connectivity index (χ0) is 18.2. The van der Waals surface area contributed by atoms with E-state index in [0.717, 1.165) is 55.2 Å². The molecule has 0 spiro atoms. The molecule has 1 fully saturated rings. The lowest BCUT2D eigenvalue weighted by Crippen LogP contribution is -2.26. The Hall–Kier alpha value is -1.75. The zero-order valence-corrected chi connectivity index (χ0v) is 17.0. The van der Waals surface area contributed by atoms with E-state index in [2.05, 4.69) is 42.6 Å². The van der Waals surface area contributed by atoms with E-state index in [9.17, 15) is 0 Å². The molecule has 0 saturated carbocycles. The van der Waals surface area contributed by atoms with Crippen LogP contribution in [0.15, 0.2) is 42.5 Å². The molecule has 148 valence electrons. The van der Waals surface area contributed by atoms with Crippen LogP contribution in [0.25, 0.3) is 0 Å². The van der Waals surface area contributed by atoms with Crippen molar-refractivity contribution >= 4 is 12.4 Å². The lowest BCUT2D eigenvalue weighted by molar-refractivity contribution is 0.110. The van der Waals surface area contributed by atoms with Gasteiger partial charge >= 0.3 is 0 Å². The maximum absolute atomic E-state index is 6.17. The second-order valence-electron chi connectivity index (χ2n) is 6.72. The maximum Gasteiger partial charge on any atom is 0.166 e. The predicted octanol–water partition coefficient (Wildman–Crippen LogP) is 4.66. The van der Waals surface area contributed by atoms with Gasteiger partial charge in [-0.1, -0.05) is 42.0 Å². The lowest BCUT2D eigenvalue weighted by Gasteiger charge is -2.17. The summed E-state index contributed by atoms with van der Waals surface area (Å²) in [7, 11) is 0. The molecule has 3 rings (SSSR count). The lowest BCUT2D eigenvalue weighted by atomic mass is 10.1. The molecule has 0 aliphatic carbocycles. The minimum Gasteiger partial charge on any atom is -0.490 e. The molecule has 0 amide bonds. The first kappa shape index (κ1) is 21.5. The van der Waals surface area contributed by atoms with Crippen LogP contribution in [0, 0.1) is 6.92 Å². The molecule has 0 bridgehead atoms. The Morgan fingerprint density at radius 2 is 1.93 bits per heavy atom. The third kappa shape index (κ3) is 6.42. The largest absolute Gasteiger partial charge is 0.490 e. The van der Waals surface area contributed by atoms with Crippen LogP contribution < -0.4 is 14.8 Å². The van der Waals surface area contributed by atoms with Gasteiger partial charge in [0.1, 0.15) is 6.61 Å². The van der Waals surface area contributed by atoms with E-state index < -0.39 is 0 Å². The van der Waals surface area contributed by atoms with Crippen LogP contribution in [0.4, 0.5) is 0 Å². The van der Waals surface area contributed by atoms with E-state index in [0.29, 0.717) is 19.3 Å². The topological polar surface area (TPSA) is 39.7 Å². The van der Waals surface area contributed by atoms with Gasteiger partial charge in [-0.2, -0.15) is 0 Å². The highest BCUT2D eigenvalue weighted by Crippen LogP contribution is 2.32. The fourth-order valence-corrected chi connectivity index (χ4v) is 3.15. The summed E-state index contributed by atoms with van der Waals surface area (Å²) in [4.78, 5) is 0. The number of para-hydroxylation sites is 1. The minimum atomic E-state index is 0. The number of nitrogens with one attached hydrogen (secondary N) is 1. The highest BCUT2D eigenvalue weighted by molar-refractivity contribution is 5.85. The highest BCUT2D eigenvalue weighted by atomic mass is 35.5. The van der Waals surface area contributed by atoms with Gasteiger partial charge in [-0.15, -0.1) is 12.4 Å². The fraction of sp³-hybridized carbons (Fsp3) is 0.455. The van der Waals surface area contributed by atoms with Crippen LogP contribution in [0.1, 0.15) is 36.5 Å². The molecule has 2 aromatic carbocycles. The van der Waals surface area contributed by atoms with E-state index in [1.165, 1.54) is 5.56 Å². The van der Waals surface area contributed by atoms with E-state index in [1.807, 2.05) is 19.1 Å². The summed E-state index contributed by atoms with van der Waals surface area (Å²) in [5.74, 6) is 1.63. The smallest absolute Gasteiger partial charge is 0.166 e. The summed E-state index contributed by atoms with van der Waals surface area (Å²) in [5.41, 5.74) is 3.52. The second kappa shape index (κ2) is 11.2. The van der Waals surface area contributed by atoms with Crippen LogP contribution in [0.3, 0.4) is 0 Å². The summed E-state index contributed by atoms with van der Waals surface area (Å²) < 4.78 is 17.6. The molecular formula is C22H30ClNO3. The maximum atomic E-state index is 6.17. The molecule has 1 unspecified atom stereocenters. The summed E-state index contributed by atoms with van der Waals surface area (Å²) >= 11 is 0. The Labute approximate surface area is 168 Å². The van der Waals surface area contributed by atoms with E-state index in [4.69, 9.17) is 14.2 Å². The van der Waals surface area contributed by atoms with Crippen molar-refractivity contribution < 1.29 is 14.2 Å². The number of rotatable bonds is 9. The van der Waals surface area contributed by atoms with Crippen molar-refractivity contribution in [1.29, 1.82) is 0 Å². The third-order valence-corrected chi connectivity index (χ3v) is 4.58. The quantitative estimate of drug-likeness (QED) is 0.674. The molecule has 0 aromatic heterocycles. The molecule has 1 atom stereocenters. The molecule has 1 heterocycles. The molecule has 1 aliphatic rings. The SMILES string of the molecule is CCOc1cccc(CNCC2CCCO2)c1OCc1ccc(C)cc1.Cl. The van der Waals surface area contributed by atoms with Crippen LogP contribution in [0.2, 0.25) is 0 Å². The molecule has 5 heteroatoms. The van der Waals surface area contributed by atoms with Crippen molar-refractivity contribution in [2.45, 2.75) is 45.9 Å². The molecule has 1 N–H and O–H groups in total. The Kier molecular flexibility index (Phi) is 8.92. The average molecular weight is 392 g/mol. The third-order valence-electron chi connectivity index (χ3n) is 4.58. The Morgan fingerprint density at radius 3 is 2.63 bits per heavy atom. The van der Waals surface area contributed by atoms with Crippen molar-refractivity contribution in [3.63, 3.8) is 0 Å². The van der Waals surface area contributed by atoms with E-state index in [-0.39, 0.29) is 12.4 Å². The zero-order valence-electron chi connectivity index (χ0n) is 16.2. The van der Waals surface area contributed by atoms with Gasteiger partial charge in [0.2, 0.25) is 0 Å². The van der Waals surface area contributed by atoms with Gasteiger partial charge in [-0.25, -0.2) is 0 Å². The molecular weight excluding hydrogens is 362 g/mol. The second-order valence-corrected chi connectivity index (χ2v) is 6.72.